The molecule has 0 N–H and O–H groups in total. The molecule has 1 aromatic carbocycles. The Kier molecular flexibility index (Phi) is 6.68. The maximum atomic E-state index is 12.7. The number of halogens is 1. The van der Waals surface area contributed by atoms with Crippen LogP contribution in [-0.2, 0) is 0 Å². The van der Waals surface area contributed by atoms with Crippen LogP contribution in [0.3, 0.4) is 0 Å². The van der Waals surface area contributed by atoms with Crippen molar-refractivity contribution in [2.75, 3.05) is 33.3 Å². The molecular weight excluding hydrogens is 386 g/mol. The first-order valence-electron chi connectivity index (χ1n) is 8.92. The number of benzene rings is 1. The van der Waals surface area contributed by atoms with Crippen molar-refractivity contribution in [2.24, 2.45) is 0 Å². The Morgan fingerprint density at radius 2 is 2.00 bits per heavy atom. The number of aromatic nitrogens is 1. The number of amides is 2. The number of nitrogens with zero attached hydrogens (tertiary/aromatic N) is 3. The highest BCUT2D eigenvalue weighted by Crippen LogP contribution is 2.25. The SMILES string of the molecule is CN1CCCCN(C(=O)c2cncs2)CCCOc2ccc(Cl)cc2C1=O. The monoisotopic (exact) mass is 407 g/mol. The van der Waals surface area contributed by atoms with E-state index in [9.17, 15) is 9.59 Å². The Morgan fingerprint density at radius 1 is 1.22 bits per heavy atom. The first-order valence-corrected chi connectivity index (χ1v) is 10.2. The van der Waals surface area contributed by atoms with Crippen LogP contribution in [-0.4, -0.2) is 59.9 Å². The summed E-state index contributed by atoms with van der Waals surface area (Å²) < 4.78 is 5.84. The fraction of sp³-hybridized carbons (Fsp3) is 0.421. The summed E-state index contributed by atoms with van der Waals surface area (Å²) in [7, 11) is 1.77. The van der Waals surface area contributed by atoms with E-state index in [0.29, 0.717) is 53.9 Å². The van der Waals surface area contributed by atoms with E-state index in [1.807, 2.05) is 4.90 Å². The Hall–Kier alpha value is -2.12. The molecule has 1 aliphatic rings. The largest absolute Gasteiger partial charge is 0.493 e. The van der Waals surface area contributed by atoms with Gasteiger partial charge in [-0.25, -0.2) is 0 Å². The van der Waals surface area contributed by atoms with Gasteiger partial charge in [-0.1, -0.05) is 11.6 Å². The van der Waals surface area contributed by atoms with Crippen molar-refractivity contribution < 1.29 is 14.3 Å². The topological polar surface area (TPSA) is 62.7 Å². The third kappa shape index (κ3) is 4.99. The Balaban J connectivity index is 1.75. The molecule has 0 unspecified atom stereocenters. The molecule has 3 rings (SSSR count). The van der Waals surface area contributed by atoms with Crippen LogP contribution >= 0.6 is 22.9 Å². The average molecular weight is 408 g/mol. The predicted molar refractivity (Wildman–Crippen MR) is 106 cm³/mol. The lowest BCUT2D eigenvalue weighted by atomic mass is 10.1. The van der Waals surface area contributed by atoms with Gasteiger partial charge in [-0.3, -0.25) is 14.6 Å². The minimum absolute atomic E-state index is 0.00369. The standard InChI is InChI=1S/C19H22ClN3O3S/c1-22-7-2-3-8-23(19(25)17-12-21-13-27-17)9-4-10-26-16-6-5-14(20)11-15(16)18(22)24/h5-6,11-13H,2-4,7-10H2,1H3. The Bertz CT molecular complexity index is 798. The molecule has 6 nitrogen and oxygen atoms in total. The van der Waals surface area contributed by atoms with E-state index in [4.69, 9.17) is 16.3 Å². The van der Waals surface area contributed by atoms with E-state index in [1.54, 1.807) is 41.9 Å². The molecule has 2 heterocycles. The molecule has 0 saturated carbocycles. The molecule has 0 aliphatic carbocycles. The zero-order valence-corrected chi connectivity index (χ0v) is 16.8. The number of hydrogen-bond donors (Lipinski definition) is 0. The molecule has 1 aromatic heterocycles. The average Bonchev–Trinajstić information content (AvgIpc) is 3.20. The van der Waals surface area contributed by atoms with Crippen molar-refractivity contribution in [3.8, 4) is 5.75 Å². The summed E-state index contributed by atoms with van der Waals surface area (Å²) in [6.45, 7) is 2.27. The maximum absolute atomic E-state index is 12.7. The van der Waals surface area contributed by atoms with E-state index < -0.39 is 0 Å². The van der Waals surface area contributed by atoms with Gasteiger partial charge in [0, 0.05) is 31.7 Å². The molecule has 0 spiro atoms. The summed E-state index contributed by atoms with van der Waals surface area (Å²) in [4.78, 5) is 33.6. The number of carbonyl (C=O) groups excluding carboxylic acids is 2. The predicted octanol–water partition coefficient (Wildman–Crippen LogP) is 3.57. The highest BCUT2D eigenvalue weighted by molar-refractivity contribution is 7.11. The van der Waals surface area contributed by atoms with E-state index in [-0.39, 0.29) is 11.8 Å². The summed E-state index contributed by atoms with van der Waals surface area (Å²) in [5.74, 6) is 0.421. The quantitative estimate of drug-likeness (QED) is 0.724. The zero-order valence-electron chi connectivity index (χ0n) is 15.2. The third-order valence-electron chi connectivity index (χ3n) is 4.45. The summed E-state index contributed by atoms with van der Waals surface area (Å²) in [5, 5.41) is 0.504. The van der Waals surface area contributed by atoms with E-state index >= 15 is 0 Å². The van der Waals surface area contributed by atoms with Gasteiger partial charge in [0.25, 0.3) is 11.8 Å². The highest BCUT2D eigenvalue weighted by Gasteiger charge is 2.20. The van der Waals surface area contributed by atoms with Crippen molar-refractivity contribution in [1.29, 1.82) is 0 Å². The highest BCUT2D eigenvalue weighted by atomic mass is 35.5. The van der Waals surface area contributed by atoms with Crippen molar-refractivity contribution in [3.63, 3.8) is 0 Å². The minimum Gasteiger partial charge on any atom is -0.493 e. The van der Waals surface area contributed by atoms with Crippen LogP contribution in [0.2, 0.25) is 5.02 Å². The zero-order chi connectivity index (χ0) is 19.2. The molecule has 27 heavy (non-hydrogen) atoms. The van der Waals surface area contributed by atoms with Crippen LogP contribution in [0.25, 0.3) is 0 Å². The van der Waals surface area contributed by atoms with Crippen LogP contribution in [0.1, 0.15) is 39.3 Å². The molecule has 0 bridgehead atoms. The summed E-state index contributed by atoms with van der Waals surface area (Å²) in [6, 6.07) is 5.09. The minimum atomic E-state index is -0.107. The van der Waals surface area contributed by atoms with Gasteiger partial charge in [0.15, 0.2) is 0 Å². The molecule has 2 amide bonds. The number of rotatable bonds is 1. The molecule has 0 saturated heterocycles. The second-order valence-electron chi connectivity index (χ2n) is 6.43. The van der Waals surface area contributed by atoms with Gasteiger partial charge >= 0.3 is 0 Å². The van der Waals surface area contributed by atoms with Crippen molar-refractivity contribution in [1.82, 2.24) is 14.8 Å². The van der Waals surface area contributed by atoms with E-state index in [0.717, 1.165) is 12.8 Å². The molecule has 0 atom stereocenters. The summed E-state index contributed by atoms with van der Waals surface area (Å²) in [6.07, 6.45) is 3.92. The van der Waals surface area contributed by atoms with Crippen LogP contribution in [0.15, 0.2) is 29.9 Å². The lowest BCUT2D eigenvalue weighted by Gasteiger charge is -2.22. The number of carbonyl (C=O) groups is 2. The van der Waals surface area contributed by atoms with Crippen LogP contribution in [0.4, 0.5) is 0 Å². The van der Waals surface area contributed by atoms with Gasteiger partial charge < -0.3 is 14.5 Å². The van der Waals surface area contributed by atoms with Crippen LogP contribution < -0.4 is 4.74 Å². The molecule has 2 aromatic rings. The van der Waals surface area contributed by atoms with Crippen LogP contribution in [0.5, 0.6) is 5.75 Å². The maximum Gasteiger partial charge on any atom is 0.265 e. The van der Waals surface area contributed by atoms with Gasteiger partial charge in [0.1, 0.15) is 10.6 Å². The Morgan fingerprint density at radius 3 is 2.78 bits per heavy atom. The summed E-state index contributed by atoms with van der Waals surface area (Å²) in [5.41, 5.74) is 2.14. The van der Waals surface area contributed by atoms with Crippen molar-refractivity contribution in [3.05, 3.63) is 45.4 Å². The summed E-state index contributed by atoms with van der Waals surface area (Å²) >= 11 is 7.42. The van der Waals surface area contributed by atoms with Crippen molar-refractivity contribution >= 4 is 34.8 Å². The normalized spacial score (nSPS) is 16.6. The molecule has 144 valence electrons. The Labute approximate surface area is 167 Å². The number of hydrogen-bond acceptors (Lipinski definition) is 5. The fourth-order valence-corrected chi connectivity index (χ4v) is 3.74. The first-order chi connectivity index (χ1) is 13.1. The second kappa shape index (κ2) is 9.19. The van der Waals surface area contributed by atoms with E-state index in [1.165, 1.54) is 11.3 Å². The molecule has 8 heteroatoms. The molecule has 1 aliphatic heterocycles. The number of thiazole rings is 1. The first kappa shape index (κ1) is 19.6. The van der Waals surface area contributed by atoms with Crippen LogP contribution in [0, 0.1) is 0 Å². The van der Waals surface area contributed by atoms with Gasteiger partial charge in [-0.05, 0) is 37.5 Å². The molecule has 0 fully saturated rings. The fourth-order valence-electron chi connectivity index (χ4n) is 2.98. The van der Waals surface area contributed by atoms with Crippen molar-refractivity contribution in [2.45, 2.75) is 19.3 Å². The lowest BCUT2D eigenvalue weighted by molar-refractivity contribution is 0.0739. The third-order valence-corrected chi connectivity index (χ3v) is 5.45. The molecular formula is C19H22ClN3O3S. The van der Waals surface area contributed by atoms with E-state index in [2.05, 4.69) is 4.98 Å². The number of ether oxygens (including phenoxy) is 1. The van der Waals surface area contributed by atoms with Gasteiger partial charge in [-0.15, -0.1) is 11.3 Å². The van der Waals surface area contributed by atoms with Gasteiger partial charge in [0.05, 0.1) is 23.9 Å². The second-order valence-corrected chi connectivity index (χ2v) is 7.76. The smallest absolute Gasteiger partial charge is 0.265 e. The lowest BCUT2D eigenvalue weighted by Crippen LogP contribution is -2.33. The molecule has 0 radical (unpaired) electrons. The number of fused-ring (bicyclic) bond motifs is 1. The van der Waals surface area contributed by atoms with Gasteiger partial charge in [-0.2, -0.15) is 0 Å². The van der Waals surface area contributed by atoms with Gasteiger partial charge in [0.2, 0.25) is 0 Å².